The van der Waals surface area contributed by atoms with E-state index < -0.39 is 47.9 Å². The molecule has 412 valence electrons. The lowest BCUT2D eigenvalue weighted by Gasteiger charge is -2.12. The molecule has 7 rings (SSSR count). The van der Waals surface area contributed by atoms with Crippen LogP contribution in [0.25, 0.3) is 20.9 Å². The number of aliphatic hydroxyl groups excluding tert-OH is 2. The zero-order valence-corrected chi connectivity index (χ0v) is 42.0. The van der Waals surface area contributed by atoms with E-state index in [2.05, 4.69) is 36.0 Å². The highest BCUT2D eigenvalue weighted by Crippen LogP contribution is 2.27. The van der Waals surface area contributed by atoms with Crippen molar-refractivity contribution in [2.24, 2.45) is 44.6 Å². The molecular weight excluding hydrogens is 1010 g/mol. The molecule has 0 aliphatic carbocycles. The first-order valence-corrected chi connectivity index (χ1v) is 23.4. The molecule has 0 saturated carbocycles. The Morgan fingerprint density at radius 3 is 1.29 bits per heavy atom. The number of imide groups is 2. The Balaban J connectivity index is 0.000000261. The summed E-state index contributed by atoms with van der Waals surface area (Å²) in [6, 6.07) is 29.2. The lowest BCUT2D eigenvalue weighted by molar-refractivity contribution is -0.139. The van der Waals surface area contributed by atoms with E-state index in [0.29, 0.717) is 27.8 Å². The number of nitrogens with two attached hydrogens (primary N) is 6. The molecule has 0 bridgehead atoms. The van der Waals surface area contributed by atoms with E-state index in [9.17, 15) is 33.6 Å². The Kier molecular flexibility index (Phi) is 26.2. The number of carboxylic acid groups (broad SMARTS) is 2. The summed E-state index contributed by atoms with van der Waals surface area (Å²) < 4.78 is 4.90. The summed E-state index contributed by atoms with van der Waals surface area (Å²) in [5.41, 5.74) is 56.3. The topological polar surface area (TPSA) is 499 Å². The minimum absolute atomic E-state index is 0.0780. The van der Waals surface area contributed by atoms with Gasteiger partial charge in [0.05, 0.1) is 38.3 Å². The van der Waals surface area contributed by atoms with Crippen LogP contribution < -0.4 is 55.1 Å². The SMILES string of the molecule is COc1ccc(C=O)cc1.NC(C(=O)O)c1ccc(C(N)C(=O)O)cc1.NC(CO)c1ccc(C(N)CO)cc1.O=C1CC(c2ccc(C3NC(=O)NC3=O)cc2)C(=O)N1.[N-]=[N+]=NCC(N)c1ccc(C(N)CN=[N+]=[N-])cc1. The second kappa shape index (κ2) is 32.4. The van der Waals surface area contributed by atoms with Gasteiger partial charge in [0.1, 0.15) is 30.2 Å². The lowest BCUT2D eigenvalue weighted by Crippen LogP contribution is -2.22. The molecule has 8 atom stereocenters. The molecule has 2 aliphatic heterocycles. The van der Waals surface area contributed by atoms with Crippen LogP contribution in [0.4, 0.5) is 4.79 Å². The maximum Gasteiger partial charge on any atom is 0.325 e. The molecule has 78 heavy (non-hydrogen) atoms. The summed E-state index contributed by atoms with van der Waals surface area (Å²) in [6.07, 6.45) is 0.943. The molecule has 0 spiro atoms. The number of carboxylic acids is 2. The minimum atomic E-state index is -1.14. The van der Waals surface area contributed by atoms with E-state index >= 15 is 0 Å². The quantitative estimate of drug-likeness (QED) is 0.0150. The second-order valence-electron chi connectivity index (χ2n) is 16.9. The second-order valence-corrected chi connectivity index (χ2v) is 16.9. The lowest BCUT2D eigenvalue weighted by atomic mass is 9.95. The molecule has 0 radical (unpaired) electrons. The predicted octanol–water partition coefficient (Wildman–Crippen LogP) is 3.04. The van der Waals surface area contributed by atoms with Crippen molar-refractivity contribution in [3.63, 3.8) is 0 Å². The molecule has 5 aromatic carbocycles. The molecule has 2 heterocycles. The van der Waals surface area contributed by atoms with Gasteiger partial charge < -0.3 is 64.9 Å². The van der Waals surface area contributed by atoms with Gasteiger partial charge in [0, 0.05) is 47.0 Å². The van der Waals surface area contributed by atoms with Crippen molar-refractivity contribution in [1.82, 2.24) is 16.0 Å². The average Bonchev–Trinajstić information content (AvgIpc) is 4.00. The zero-order chi connectivity index (χ0) is 57.9. The summed E-state index contributed by atoms with van der Waals surface area (Å²) in [5.74, 6) is -3.00. The minimum Gasteiger partial charge on any atom is -0.497 e. The van der Waals surface area contributed by atoms with Crippen molar-refractivity contribution in [2.45, 2.75) is 54.6 Å². The van der Waals surface area contributed by atoms with Crippen LogP contribution in [0.5, 0.6) is 5.75 Å². The first-order valence-electron chi connectivity index (χ1n) is 23.4. The van der Waals surface area contributed by atoms with Gasteiger partial charge >= 0.3 is 18.0 Å². The number of carbonyl (C=O) groups excluding carboxylic acids is 5. The summed E-state index contributed by atoms with van der Waals surface area (Å²) in [7, 11) is 1.59. The molecule has 2 saturated heterocycles. The van der Waals surface area contributed by atoms with Crippen molar-refractivity contribution in [3.8, 4) is 5.75 Å². The third kappa shape index (κ3) is 19.9. The first-order chi connectivity index (χ1) is 37.2. The summed E-state index contributed by atoms with van der Waals surface area (Å²) >= 11 is 0. The van der Waals surface area contributed by atoms with E-state index in [0.717, 1.165) is 34.3 Å². The van der Waals surface area contributed by atoms with Gasteiger partial charge in [-0.1, -0.05) is 107 Å². The number of ether oxygens (including phenoxy) is 1. The molecule has 2 fully saturated rings. The third-order valence-corrected chi connectivity index (χ3v) is 11.5. The Morgan fingerprint density at radius 1 is 0.603 bits per heavy atom. The van der Waals surface area contributed by atoms with E-state index in [1.54, 1.807) is 55.6 Å². The normalized spacial score (nSPS) is 16.3. The van der Waals surface area contributed by atoms with Crippen LogP contribution >= 0.6 is 0 Å². The fourth-order valence-electron chi connectivity index (χ4n) is 6.92. The number of aliphatic carboxylic acids is 2. The monoisotopic (exact) mass is 1080 g/mol. The standard InChI is InChI=1S/C13H11N3O4.C10H14N8.C10H12N2O4.C10H16N2O2.C8H8O2/c17-9-5-8(11(18)14-9)6-1-3-7(4-2-6)10-12(19)16-13(20)15-10;11-9(5-15-17-13)7-1-2-8(4-3-7)10(12)6-16-18-14;11-7(9(13)14)5-1-2-6(4-3-5)8(12)10(15)16;11-9(5-13)7-1-2-8(4-3-7)10(12)6-14;1-10-8-4-2-7(6-9)3-5-8/h1-4,8,10H,5H2,(H,14,17,18)(H2,15,16,19,20);1-4,9-10H,5-6,11-12H2;1-4,7-8H,11-12H2,(H,13,14)(H,15,16);1-4,9-10,13-14H,5-6,11-12H2;2-6H,1H3. The molecule has 27 heteroatoms. The summed E-state index contributed by atoms with van der Waals surface area (Å²) in [4.78, 5) is 82.0. The third-order valence-electron chi connectivity index (χ3n) is 11.5. The number of nitrogens with zero attached hydrogens (tertiary/aromatic N) is 6. The zero-order valence-electron chi connectivity index (χ0n) is 42.0. The maximum absolute atomic E-state index is 11.6. The number of amides is 5. The fourth-order valence-corrected chi connectivity index (χ4v) is 6.92. The Morgan fingerprint density at radius 2 is 0.987 bits per heavy atom. The van der Waals surface area contributed by atoms with Crippen LogP contribution in [0.15, 0.2) is 132 Å². The molecular formula is C51H61N15O12. The number of rotatable bonds is 18. The molecule has 8 unspecified atom stereocenters. The number of hydrogen-bond acceptors (Lipinski definition) is 18. The van der Waals surface area contributed by atoms with Crippen molar-refractivity contribution in [2.75, 3.05) is 33.4 Å². The summed E-state index contributed by atoms with van der Waals surface area (Å²) in [5, 5.41) is 48.7. The highest BCUT2D eigenvalue weighted by molar-refractivity contribution is 6.06. The molecule has 2 aliphatic rings. The van der Waals surface area contributed by atoms with Gasteiger partial charge in [-0.25, -0.2) is 4.79 Å². The van der Waals surface area contributed by atoms with Crippen LogP contribution in [0.2, 0.25) is 0 Å². The Labute approximate surface area is 446 Å². The highest BCUT2D eigenvalue weighted by atomic mass is 16.5. The number of azide groups is 2. The Hall–Kier alpha value is -9.11. The maximum atomic E-state index is 11.6. The average molecular weight is 1080 g/mol. The molecule has 27 nitrogen and oxygen atoms in total. The Bertz CT molecular complexity index is 2720. The van der Waals surface area contributed by atoms with Gasteiger partial charge in [-0.05, 0) is 79.8 Å². The van der Waals surface area contributed by atoms with Crippen LogP contribution in [0, 0.1) is 0 Å². The number of nitrogens with one attached hydrogen (secondary N) is 3. The van der Waals surface area contributed by atoms with Crippen LogP contribution in [0.1, 0.15) is 109 Å². The van der Waals surface area contributed by atoms with E-state index in [-0.39, 0.29) is 68.7 Å². The van der Waals surface area contributed by atoms with Gasteiger partial charge in [-0.15, -0.1) is 0 Å². The van der Waals surface area contributed by atoms with Crippen molar-refractivity contribution in [1.29, 1.82) is 0 Å². The van der Waals surface area contributed by atoms with Crippen molar-refractivity contribution < 1.29 is 58.7 Å². The summed E-state index contributed by atoms with van der Waals surface area (Å²) in [6.45, 7) is 0.262. The van der Waals surface area contributed by atoms with Gasteiger partial charge in [-0.2, -0.15) is 0 Å². The molecule has 5 aromatic rings. The number of aldehydes is 1. The largest absolute Gasteiger partial charge is 0.497 e. The number of urea groups is 1. The van der Waals surface area contributed by atoms with Gasteiger partial charge in [0.25, 0.3) is 5.91 Å². The smallest absolute Gasteiger partial charge is 0.325 e. The number of carbonyl (C=O) groups is 7. The van der Waals surface area contributed by atoms with E-state index in [4.69, 9.17) is 70.6 Å². The predicted molar refractivity (Wildman–Crippen MR) is 283 cm³/mol. The van der Waals surface area contributed by atoms with Gasteiger partial charge in [0.2, 0.25) is 11.8 Å². The van der Waals surface area contributed by atoms with Crippen LogP contribution in [-0.4, -0.2) is 95.8 Å². The number of benzene rings is 5. The van der Waals surface area contributed by atoms with E-state index in [1.165, 1.54) is 24.3 Å². The van der Waals surface area contributed by atoms with Gasteiger partial charge in [-0.3, -0.25) is 39.4 Å². The first kappa shape index (κ1) is 63.2. The van der Waals surface area contributed by atoms with Crippen molar-refractivity contribution >= 4 is 42.0 Å². The number of hydrogen-bond donors (Lipinski definition) is 13. The van der Waals surface area contributed by atoms with Crippen molar-refractivity contribution in [3.05, 3.63) is 192 Å². The number of aliphatic hydroxyl groups is 2. The van der Waals surface area contributed by atoms with Crippen LogP contribution in [-0.2, 0) is 24.0 Å². The van der Waals surface area contributed by atoms with Crippen LogP contribution in [0.3, 0.4) is 0 Å². The number of methoxy groups -OCH3 is 1. The van der Waals surface area contributed by atoms with E-state index in [1.807, 2.05) is 48.5 Å². The highest BCUT2D eigenvalue weighted by Gasteiger charge is 2.33. The molecule has 5 amide bonds. The van der Waals surface area contributed by atoms with Gasteiger partial charge in [0.15, 0.2) is 0 Å². The molecule has 0 aromatic heterocycles. The molecule has 19 N–H and O–H groups in total. The fraction of sp³-hybridized carbons (Fsp3) is 0.275.